The van der Waals surface area contributed by atoms with E-state index in [1.807, 2.05) is 12.1 Å². The van der Waals surface area contributed by atoms with Crippen molar-refractivity contribution < 1.29 is 58.2 Å². The van der Waals surface area contributed by atoms with Crippen LogP contribution >= 0.6 is 0 Å². The van der Waals surface area contributed by atoms with Gasteiger partial charge in [0.25, 0.3) is 27.7 Å². The molecule has 6 aromatic carbocycles. The topological polar surface area (TPSA) is 463 Å². The molecule has 32 heteroatoms. The molecule has 5 aromatic heterocycles. The first-order valence-electron chi connectivity index (χ1n) is 22.5. The standard InChI is InChI=1S/C23H13FN6O6S.C17H10N6O4.C9H9N3O4S/c24-13-2-5-15(6-3-13)37(33,34)30-14-4-7-16-19(10-14)35-28-20(16)22(31)26-18-8-1-12(11-25)9-17(18)21-27-23(32)36-29-21;18-7-8-1-4-12(11(5-8)15-21-17(25)27-23-15)20-16(24)14-10-3-2-9(19)6-13(10)26-22-14;1-17(14,15)12-5-3-2-4-6-7(5)8(9(10)13)11-16-6/h1-10,30H,(H,26,31)(H,27,29,32);1-6H,19H2,(H,20,24)(H,21,23,25);2-4,12H,1H3,(H2,10,13). The molecule has 81 heavy (non-hydrogen) atoms. The molecule has 0 fully saturated rings. The molecule has 0 aliphatic carbocycles. The number of hydrogen-bond acceptors (Lipinski definition) is 22. The summed E-state index contributed by atoms with van der Waals surface area (Å²) in [5.41, 5.74) is 13.9. The lowest BCUT2D eigenvalue weighted by molar-refractivity contribution is 0.0989. The maximum absolute atomic E-state index is 13.1. The second kappa shape index (κ2) is 22.1. The molecule has 0 aliphatic heterocycles. The molecular weight excluding hydrogens is 1110 g/mol. The van der Waals surface area contributed by atoms with E-state index in [1.165, 1.54) is 60.7 Å². The summed E-state index contributed by atoms with van der Waals surface area (Å²) in [6.45, 7) is 0. The Morgan fingerprint density at radius 1 is 0.593 bits per heavy atom. The summed E-state index contributed by atoms with van der Waals surface area (Å²) < 4.78 is 89.5. The highest BCUT2D eigenvalue weighted by Crippen LogP contribution is 2.31. The molecule has 0 spiro atoms. The number of nitrogen functional groups attached to an aromatic ring is 1. The molecule has 11 rings (SSSR count). The maximum Gasteiger partial charge on any atom is 0.439 e. The normalized spacial score (nSPS) is 11.1. The smallest absolute Gasteiger partial charge is 0.399 e. The fourth-order valence-corrected chi connectivity index (χ4v) is 9.07. The summed E-state index contributed by atoms with van der Waals surface area (Å²) in [4.78, 5) is 64.0. The molecule has 3 amide bonds. The first kappa shape index (κ1) is 54.0. The number of nitrogens with one attached hydrogen (secondary N) is 6. The van der Waals surface area contributed by atoms with Gasteiger partial charge in [0, 0.05) is 28.9 Å². The van der Waals surface area contributed by atoms with Gasteiger partial charge in [-0.15, -0.1) is 0 Å². The summed E-state index contributed by atoms with van der Waals surface area (Å²) in [5, 5.41) is 42.9. The van der Waals surface area contributed by atoms with E-state index in [0.717, 1.165) is 30.5 Å². The Morgan fingerprint density at radius 3 is 1.62 bits per heavy atom. The zero-order valence-corrected chi connectivity index (χ0v) is 42.3. The number of fused-ring (bicyclic) bond motifs is 3. The van der Waals surface area contributed by atoms with Gasteiger partial charge in [-0.2, -0.15) is 10.5 Å². The van der Waals surface area contributed by atoms with E-state index in [4.69, 9.17) is 30.3 Å². The minimum atomic E-state index is -4.00. The van der Waals surface area contributed by atoms with Gasteiger partial charge in [-0.05, 0) is 97.1 Å². The second-order valence-corrected chi connectivity index (χ2v) is 20.0. The van der Waals surface area contributed by atoms with Crippen LogP contribution < -0.4 is 43.1 Å². The van der Waals surface area contributed by atoms with Crippen molar-refractivity contribution in [1.82, 2.24) is 35.8 Å². The molecule has 0 atom stereocenters. The monoisotopic (exact) mass is 1140 g/mol. The predicted octanol–water partition coefficient (Wildman–Crippen LogP) is 5.41. The molecule has 29 nitrogen and oxygen atoms in total. The zero-order valence-electron chi connectivity index (χ0n) is 40.7. The van der Waals surface area contributed by atoms with Gasteiger partial charge in [-0.3, -0.25) is 42.8 Å². The molecule has 0 saturated heterocycles. The van der Waals surface area contributed by atoms with Crippen LogP contribution in [0.1, 0.15) is 42.6 Å². The van der Waals surface area contributed by atoms with Crippen LogP contribution in [-0.2, 0) is 20.0 Å². The maximum atomic E-state index is 13.1. The third kappa shape index (κ3) is 12.1. The van der Waals surface area contributed by atoms with E-state index in [1.54, 1.807) is 30.3 Å². The average Bonchev–Trinajstić information content (AvgIpc) is 4.35. The van der Waals surface area contributed by atoms with Crippen LogP contribution in [0.5, 0.6) is 0 Å². The van der Waals surface area contributed by atoms with Crippen LogP contribution in [0.3, 0.4) is 0 Å². The number of hydrogen-bond donors (Lipinski definition) is 8. The fourth-order valence-electron chi connectivity index (χ4n) is 7.45. The third-order valence-corrected chi connectivity index (χ3v) is 13.0. The van der Waals surface area contributed by atoms with Crippen molar-refractivity contribution in [2.45, 2.75) is 4.90 Å². The minimum Gasteiger partial charge on any atom is -0.399 e. The number of aromatic nitrogens is 7. The van der Waals surface area contributed by atoms with Crippen molar-refractivity contribution in [1.29, 1.82) is 10.5 Å². The van der Waals surface area contributed by atoms with Gasteiger partial charge in [0.1, 0.15) is 5.82 Å². The Morgan fingerprint density at radius 2 is 1.11 bits per heavy atom. The number of anilines is 5. The summed E-state index contributed by atoms with van der Waals surface area (Å²) in [6.07, 6.45) is 1.00. The first-order chi connectivity index (χ1) is 38.7. The highest BCUT2D eigenvalue weighted by Gasteiger charge is 2.24. The van der Waals surface area contributed by atoms with Gasteiger partial charge in [0.05, 0.1) is 73.3 Å². The zero-order chi connectivity index (χ0) is 57.8. The molecule has 0 saturated carbocycles. The number of rotatable bonds is 12. The molecule has 0 unspecified atom stereocenters. The molecule has 0 aliphatic rings. The molecule has 0 bridgehead atoms. The Labute approximate surface area is 450 Å². The van der Waals surface area contributed by atoms with E-state index in [9.17, 15) is 50.5 Å². The number of nitriles is 2. The van der Waals surface area contributed by atoms with E-state index >= 15 is 0 Å². The van der Waals surface area contributed by atoms with Gasteiger partial charge in [-0.25, -0.2) is 30.8 Å². The van der Waals surface area contributed by atoms with E-state index < -0.39 is 55.1 Å². The molecule has 11 aromatic rings. The van der Waals surface area contributed by atoms with Gasteiger partial charge < -0.3 is 35.7 Å². The number of sulfonamides is 2. The SMILES string of the molecule is CS(=O)(=O)Nc1cccc2onc(C(N)=O)c12.N#Cc1ccc(NC(=O)c2noc3cc(N)ccc23)c(-c2noc(=O)[nH]2)c1.N#Cc1ccc(NC(=O)c2noc3cc(NS(=O)(=O)c4ccc(F)cc4)ccc23)c(-c2noc(=O)[nH]2)c1. The van der Waals surface area contributed by atoms with Crippen molar-refractivity contribution in [2.24, 2.45) is 5.73 Å². The fraction of sp³-hybridized carbons (Fsp3) is 0.0204. The molecule has 0 radical (unpaired) electrons. The summed E-state index contributed by atoms with van der Waals surface area (Å²) in [5.74, 6) is -4.09. The Hall–Kier alpha value is -11.8. The number of carbonyl (C=O) groups is 3. The van der Waals surface area contributed by atoms with Gasteiger partial charge in [0.15, 0.2) is 45.5 Å². The molecule has 5 heterocycles. The number of benzene rings is 6. The van der Waals surface area contributed by atoms with Crippen LogP contribution in [-0.4, -0.2) is 76.6 Å². The Balaban J connectivity index is 0.000000157. The summed E-state index contributed by atoms with van der Waals surface area (Å²) in [7, 11) is -7.46. The number of nitrogens with two attached hydrogens (primary N) is 2. The van der Waals surface area contributed by atoms with Gasteiger partial charge >= 0.3 is 11.5 Å². The number of aromatic amines is 2. The number of carbonyl (C=O) groups excluding carboxylic acids is 3. The lowest BCUT2D eigenvalue weighted by Crippen LogP contribution is -2.14. The number of amides is 3. The second-order valence-electron chi connectivity index (χ2n) is 16.6. The summed E-state index contributed by atoms with van der Waals surface area (Å²) in [6, 6.07) is 30.7. The largest absolute Gasteiger partial charge is 0.439 e. The van der Waals surface area contributed by atoms with Crippen LogP contribution in [0.25, 0.3) is 55.7 Å². The van der Waals surface area contributed by atoms with Crippen LogP contribution in [0.15, 0.2) is 152 Å². The van der Waals surface area contributed by atoms with Crippen molar-refractivity contribution in [2.75, 3.05) is 32.1 Å². The third-order valence-electron chi connectivity index (χ3n) is 11.0. The summed E-state index contributed by atoms with van der Waals surface area (Å²) >= 11 is 0. The minimum absolute atomic E-state index is 0.000455. The van der Waals surface area contributed by atoms with Crippen molar-refractivity contribution in [3.05, 3.63) is 170 Å². The van der Waals surface area contributed by atoms with Crippen molar-refractivity contribution in [3.8, 4) is 34.9 Å². The number of H-pyrrole nitrogens is 2. The van der Waals surface area contributed by atoms with Gasteiger partial charge in [0.2, 0.25) is 10.0 Å². The Kier molecular flexibility index (Phi) is 14.7. The van der Waals surface area contributed by atoms with Crippen LogP contribution in [0.4, 0.5) is 32.8 Å². The lowest BCUT2D eigenvalue weighted by atomic mass is 10.1. The quantitative estimate of drug-likeness (QED) is 0.0709. The number of primary amides is 1. The molecule has 406 valence electrons. The average molecular weight is 1140 g/mol. The number of halogens is 1. The van der Waals surface area contributed by atoms with Crippen molar-refractivity contribution >= 4 is 99.1 Å². The molecule has 10 N–H and O–H groups in total. The van der Waals surface area contributed by atoms with Crippen molar-refractivity contribution in [3.63, 3.8) is 0 Å². The molecular formula is C49H32FN15O14S2. The lowest BCUT2D eigenvalue weighted by Gasteiger charge is -2.09. The predicted molar refractivity (Wildman–Crippen MR) is 281 cm³/mol. The van der Waals surface area contributed by atoms with E-state index in [2.05, 4.69) is 64.9 Å². The van der Waals surface area contributed by atoms with Gasteiger partial charge in [-0.1, -0.05) is 31.8 Å². The van der Waals surface area contributed by atoms with Crippen LogP contribution in [0, 0.1) is 28.5 Å². The highest BCUT2D eigenvalue weighted by atomic mass is 32.2. The van der Waals surface area contributed by atoms with E-state index in [0.29, 0.717) is 33.5 Å². The van der Waals surface area contributed by atoms with E-state index in [-0.39, 0.29) is 83.8 Å². The Bertz CT molecular complexity index is 4740. The van der Waals surface area contributed by atoms with Crippen LogP contribution in [0.2, 0.25) is 0 Å². The first-order valence-corrected chi connectivity index (χ1v) is 25.9. The highest BCUT2D eigenvalue weighted by molar-refractivity contribution is 7.92. The number of nitrogens with zero attached hydrogens (tertiary/aromatic N) is 7.